The summed E-state index contributed by atoms with van der Waals surface area (Å²) in [5.74, 6) is 0. The van der Waals surface area contributed by atoms with Gasteiger partial charge in [-0.2, -0.15) is 0 Å². The van der Waals surface area contributed by atoms with Gasteiger partial charge < -0.3 is 10.2 Å². The highest BCUT2D eigenvalue weighted by atomic mass is 79.9. The van der Waals surface area contributed by atoms with E-state index < -0.39 is 17.1 Å². The van der Waals surface area contributed by atoms with Crippen molar-refractivity contribution in [1.29, 1.82) is 0 Å². The van der Waals surface area contributed by atoms with Crippen molar-refractivity contribution in [1.82, 2.24) is 0 Å². The van der Waals surface area contributed by atoms with Crippen molar-refractivity contribution in [3.8, 4) is 0 Å². The van der Waals surface area contributed by atoms with Crippen LogP contribution in [0.5, 0.6) is 0 Å². The summed E-state index contributed by atoms with van der Waals surface area (Å²) in [5, 5.41) is 30.6. The Bertz CT molecular complexity index is 451. The average Bonchev–Trinajstić information content (AvgIpc) is 2.37. The normalized spacial score (nSPS) is 13.9. The highest BCUT2D eigenvalue weighted by Gasteiger charge is 2.21. The van der Waals surface area contributed by atoms with Crippen molar-refractivity contribution in [2.24, 2.45) is 0 Å². The van der Waals surface area contributed by atoms with Gasteiger partial charge in [0.25, 0.3) is 5.69 Å². The van der Waals surface area contributed by atoms with Crippen molar-refractivity contribution in [3.63, 3.8) is 0 Å². The number of hydrogen-bond donors (Lipinski definition) is 2. The van der Waals surface area contributed by atoms with Gasteiger partial charge in [-0.15, -0.1) is 0 Å². The fraction of sp³-hybridized carbons (Fsp3) is 0.364. The van der Waals surface area contributed by atoms with Gasteiger partial charge >= 0.3 is 0 Å². The summed E-state index contributed by atoms with van der Waals surface area (Å²) in [5.41, 5.74) is -0.172. The predicted molar refractivity (Wildman–Crippen MR) is 67.9 cm³/mol. The molecule has 0 aliphatic heterocycles. The zero-order valence-electron chi connectivity index (χ0n) is 9.32. The van der Waals surface area contributed by atoms with Gasteiger partial charge in [-0.05, 0) is 24.1 Å². The number of alkyl halides is 1. The van der Waals surface area contributed by atoms with Crippen LogP contribution in [-0.2, 0) is 0 Å². The summed E-state index contributed by atoms with van der Waals surface area (Å²) in [7, 11) is 0. The van der Waals surface area contributed by atoms with E-state index in [1.807, 2.05) is 0 Å². The van der Waals surface area contributed by atoms with Crippen LogP contribution in [0.15, 0.2) is 18.2 Å². The highest BCUT2D eigenvalue weighted by Crippen LogP contribution is 2.25. The molecule has 0 fully saturated rings. The molecule has 2 unspecified atom stereocenters. The molecule has 0 radical (unpaired) electrons. The van der Waals surface area contributed by atoms with Gasteiger partial charge in [-0.25, -0.2) is 0 Å². The van der Waals surface area contributed by atoms with Crippen LogP contribution in [0.4, 0.5) is 5.69 Å². The molecular formula is C11H12BrNO5. The minimum atomic E-state index is -1.18. The van der Waals surface area contributed by atoms with E-state index in [0.29, 0.717) is 18.0 Å². The second kappa shape index (κ2) is 6.58. The fourth-order valence-corrected chi connectivity index (χ4v) is 1.98. The van der Waals surface area contributed by atoms with Crippen LogP contribution >= 0.6 is 15.9 Å². The summed E-state index contributed by atoms with van der Waals surface area (Å²) in [4.78, 5) is 20.7. The zero-order valence-corrected chi connectivity index (χ0v) is 10.9. The molecule has 18 heavy (non-hydrogen) atoms. The molecule has 0 aromatic heterocycles. The lowest BCUT2D eigenvalue weighted by molar-refractivity contribution is -0.385. The molecule has 0 saturated heterocycles. The van der Waals surface area contributed by atoms with Gasteiger partial charge in [-0.1, -0.05) is 15.9 Å². The van der Waals surface area contributed by atoms with E-state index in [1.54, 1.807) is 0 Å². The largest absolute Gasteiger partial charge is 0.390 e. The predicted octanol–water partition coefficient (Wildman–Crippen LogP) is 1.59. The smallest absolute Gasteiger partial charge is 0.279 e. The molecule has 6 nitrogen and oxygen atoms in total. The standard InChI is InChI=1S/C11H12BrNO5/c12-4-3-10(15)11(16)7-1-2-9(13(17)18)8(5-7)6-14/h1-2,5-6,10-11,15-16H,3-4H2. The summed E-state index contributed by atoms with van der Waals surface area (Å²) in [6.07, 6.45) is -1.49. The number of nitrogens with zero attached hydrogens (tertiary/aromatic N) is 1. The fourth-order valence-electron chi connectivity index (χ4n) is 1.51. The Morgan fingerprint density at radius 2 is 2.11 bits per heavy atom. The van der Waals surface area contributed by atoms with Gasteiger partial charge in [-0.3, -0.25) is 14.9 Å². The number of aliphatic hydroxyl groups is 2. The van der Waals surface area contributed by atoms with E-state index >= 15 is 0 Å². The van der Waals surface area contributed by atoms with Gasteiger partial charge in [0, 0.05) is 11.4 Å². The number of carbonyl (C=O) groups is 1. The molecule has 0 amide bonds. The lowest BCUT2D eigenvalue weighted by atomic mass is 10.00. The number of hydrogen-bond acceptors (Lipinski definition) is 5. The van der Waals surface area contributed by atoms with Crippen LogP contribution in [0.1, 0.15) is 28.4 Å². The van der Waals surface area contributed by atoms with E-state index in [0.717, 1.165) is 6.07 Å². The third-order valence-corrected chi connectivity index (χ3v) is 2.94. The summed E-state index contributed by atoms with van der Waals surface area (Å²) in [6.45, 7) is 0. The molecule has 0 heterocycles. The van der Waals surface area contributed by atoms with Crippen molar-refractivity contribution in [2.45, 2.75) is 18.6 Å². The Kier molecular flexibility index (Phi) is 5.39. The van der Waals surface area contributed by atoms with Crippen LogP contribution in [0.25, 0.3) is 0 Å². The highest BCUT2D eigenvalue weighted by molar-refractivity contribution is 9.09. The first-order valence-electron chi connectivity index (χ1n) is 5.17. The van der Waals surface area contributed by atoms with Gasteiger partial charge in [0.15, 0.2) is 6.29 Å². The molecular weight excluding hydrogens is 306 g/mol. The first kappa shape index (κ1) is 14.7. The molecule has 1 rings (SSSR count). The maximum Gasteiger partial charge on any atom is 0.279 e. The lowest BCUT2D eigenvalue weighted by Crippen LogP contribution is -2.18. The molecule has 1 aromatic carbocycles. The van der Waals surface area contributed by atoms with Crippen molar-refractivity contribution >= 4 is 27.9 Å². The summed E-state index contributed by atoms with van der Waals surface area (Å²) in [6, 6.07) is 3.68. The number of nitro benzene ring substituents is 1. The quantitative estimate of drug-likeness (QED) is 0.359. The Balaban J connectivity index is 3.05. The topological polar surface area (TPSA) is 101 Å². The van der Waals surface area contributed by atoms with E-state index in [4.69, 9.17) is 0 Å². The first-order chi connectivity index (χ1) is 8.51. The van der Waals surface area contributed by atoms with E-state index in [1.165, 1.54) is 12.1 Å². The zero-order chi connectivity index (χ0) is 13.7. The number of carbonyl (C=O) groups excluding carboxylic acids is 1. The van der Waals surface area contributed by atoms with Crippen molar-refractivity contribution in [2.75, 3.05) is 5.33 Å². The van der Waals surface area contributed by atoms with Crippen LogP contribution in [0.3, 0.4) is 0 Å². The minimum Gasteiger partial charge on any atom is -0.390 e. The molecule has 0 bridgehead atoms. The number of halogens is 1. The average molecular weight is 318 g/mol. The Morgan fingerprint density at radius 1 is 1.44 bits per heavy atom. The molecule has 1 aromatic rings. The second-order valence-electron chi connectivity index (χ2n) is 3.68. The molecule has 0 aliphatic rings. The van der Waals surface area contributed by atoms with Gasteiger partial charge in [0.05, 0.1) is 16.6 Å². The lowest BCUT2D eigenvalue weighted by Gasteiger charge is -2.17. The van der Waals surface area contributed by atoms with Crippen LogP contribution < -0.4 is 0 Å². The minimum absolute atomic E-state index is 0.123. The monoisotopic (exact) mass is 317 g/mol. The molecule has 0 aliphatic carbocycles. The van der Waals surface area contributed by atoms with Crippen molar-refractivity contribution < 1.29 is 19.9 Å². The second-order valence-corrected chi connectivity index (χ2v) is 4.48. The SMILES string of the molecule is O=Cc1cc(C(O)C(O)CCBr)ccc1[N+](=O)[O-]. The third-order valence-electron chi connectivity index (χ3n) is 2.49. The first-order valence-corrected chi connectivity index (χ1v) is 6.29. The number of aldehydes is 1. The number of aliphatic hydroxyl groups excluding tert-OH is 2. The number of rotatable bonds is 6. The number of nitro groups is 1. The van der Waals surface area contributed by atoms with Crippen molar-refractivity contribution in [3.05, 3.63) is 39.4 Å². The molecule has 2 N–H and O–H groups in total. The van der Waals surface area contributed by atoms with Crippen LogP contribution in [-0.4, -0.2) is 32.9 Å². The maximum absolute atomic E-state index is 10.7. The molecule has 0 saturated carbocycles. The third kappa shape index (κ3) is 3.34. The number of benzene rings is 1. The Labute approximate surface area is 112 Å². The van der Waals surface area contributed by atoms with E-state index in [-0.39, 0.29) is 16.8 Å². The maximum atomic E-state index is 10.7. The summed E-state index contributed by atoms with van der Waals surface area (Å²) < 4.78 is 0. The Hall–Kier alpha value is -1.31. The van der Waals surface area contributed by atoms with E-state index in [2.05, 4.69) is 15.9 Å². The Morgan fingerprint density at radius 3 is 2.61 bits per heavy atom. The molecule has 2 atom stereocenters. The molecule has 7 heteroatoms. The molecule has 0 spiro atoms. The van der Waals surface area contributed by atoms with Crippen LogP contribution in [0, 0.1) is 10.1 Å². The van der Waals surface area contributed by atoms with E-state index in [9.17, 15) is 25.1 Å². The van der Waals surface area contributed by atoms with Gasteiger partial charge in [0.1, 0.15) is 6.10 Å². The summed E-state index contributed by atoms with van der Waals surface area (Å²) >= 11 is 3.13. The van der Waals surface area contributed by atoms with Gasteiger partial charge in [0.2, 0.25) is 0 Å². The molecule has 98 valence electrons. The van der Waals surface area contributed by atoms with Crippen LogP contribution in [0.2, 0.25) is 0 Å².